The van der Waals surface area contributed by atoms with Gasteiger partial charge in [0.25, 0.3) is 0 Å². The molecule has 0 aliphatic carbocycles. The minimum Gasteiger partial charge on any atom is -0.120 e. The standard InChI is InChI=1S/C10H18/c1-5-7-8-9-10(3,4)6-2/h1H,6-9H2,2-4H3. The lowest BCUT2D eigenvalue weighted by molar-refractivity contribution is 0.315. The van der Waals surface area contributed by atoms with E-state index in [1.165, 1.54) is 19.3 Å². The molecule has 0 radical (unpaired) electrons. The van der Waals surface area contributed by atoms with E-state index >= 15 is 0 Å². The molecule has 0 heterocycles. The van der Waals surface area contributed by atoms with Crippen LogP contribution in [0.1, 0.15) is 46.5 Å². The molecule has 0 N–H and O–H groups in total. The van der Waals surface area contributed by atoms with Crippen LogP contribution in [0.5, 0.6) is 0 Å². The van der Waals surface area contributed by atoms with Crippen molar-refractivity contribution in [1.29, 1.82) is 0 Å². The first-order chi connectivity index (χ1) is 4.62. The highest BCUT2D eigenvalue weighted by molar-refractivity contribution is 4.83. The van der Waals surface area contributed by atoms with Crippen LogP contribution in [-0.4, -0.2) is 0 Å². The zero-order chi connectivity index (χ0) is 8.04. The van der Waals surface area contributed by atoms with Crippen LogP contribution in [0.3, 0.4) is 0 Å². The molecule has 0 saturated carbocycles. The molecule has 0 aromatic rings. The second-order valence-corrected chi connectivity index (χ2v) is 3.58. The number of hydrogen-bond donors (Lipinski definition) is 0. The van der Waals surface area contributed by atoms with Crippen LogP contribution in [0.25, 0.3) is 0 Å². The Balaban J connectivity index is 3.39. The monoisotopic (exact) mass is 138 g/mol. The molecule has 0 bridgehead atoms. The summed E-state index contributed by atoms with van der Waals surface area (Å²) in [5.74, 6) is 2.66. The quantitative estimate of drug-likeness (QED) is 0.413. The summed E-state index contributed by atoms with van der Waals surface area (Å²) in [6.07, 6.45) is 9.77. The van der Waals surface area contributed by atoms with Crippen molar-refractivity contribution in [1.82, 2.24) is 0 Å². The predicted molar refractivity (Wildman–Crippen MR) is 46.8 cm³/mol. The fraction of sp³-hybridized carbons (Fsp3) is 0.800. The van der Waals surface area contributed by atoms with Crippen molar-refractivity contribution >= 4 is 0 Å². The van der Waals surface area contributed by atoms with E-state index in [2.05, 4.69) is 26.7 Å². The zero-order valence-corrected chi connectivity index (χ0v) is 7.41. The van der Waals surface area contributed by atoms with Crippen LogP contribution in [0.15, 0.2) is 0 Å². The SMILES string of the molecule is C#CCCCC(C)(C)CC. The van der Waals surface area contributed by atoms with E-state index in [4.69, 9.17) is 6.42 Å². The molecule has 0 atom stereocenters. The first-order valence-electron chi connectivity index (χ1n) is 4.06. The van der Waals surface area contributed by atoms with Gasteiger partial charge in [-0.25, -0.2) is 0 Å². The maximum absolute atomic E-state index is 5.15. The summed E-state index contributed by atoms with van der Waals surface area (Å²) in [6.45, 7) is 6.82. The van der Waals surface area contributed by atoms with Gasteiger partial charge in [-0.05, 0) is 18.3 Å². The Hall–Kier alpha value is -0.440. The van der Waals surface area contributed by atoms with E-state index in [0.717, 1.165) is 6.42 Å². The highest BCUT2D eigenvalue weighted by Crippen LogP contribution is 2.26. The van der Waals surface area contributed by atoms with E-state index in [-0.39, 0.29) is 0 Å². The molecular weight excluding hydrogens is 120 g/mol. The lowest BCUT2D eigenvalue weighted by atomic mass is 9.85. The molecule has 0 amide bonds. The van der Waals surface area contributed by atoms with Gasteiger partial charge in [0.15, 0.2) is 0 Å². The van der Waals surface area contributed by atoms with Gasteiger partial charge in [0.2, 0.25) is 0 Å². The molecule has 0 aliphatic rings. The Morgan fingerprint density at radius 3 is 2.40 bits per heavy atom. The van der Waals surface area contributed by atoms with Gasteiger partial charge in [-0.2, -0.15) is 0 Å². The van der Waals surface area contributed by atoms with Crippen LogP contribution in [0.4, 0.5) is 0 Å². The minimum atomic E-state index is 0.497. The average molecular weight is 138 g/mol. The first kappa shape index (κ1) is 9.56. The molecule has 0 heteroatoms. The van der Waals surface area contributed by atoms with Crippen LogP contribution in [0, 0.1) is 17.8 Å². The lowest BCUT2D eigenvalue weighted by Crippen LogP contribution is -2.08. The fourth-order valence-corrected chi connectivity index (χ4v) is 0.846. The second-order valence-electron chi connectivity index (χ2n) is 3.58. The van der Waals surface area contributed by atoms with Crippen molar-refractivity contribution < 1.29 is 0 Å². The van der Waals surface area contributed by atoms with Crippen LogP contribution in [-0.2, 0) is 0 Å². The fourth-order valence-electron chi connectivity index (χ4n) is 0.846. The smallest absolute Gasteiger partial charge is 0.00862 e. The highest BCUT2D eigenvalue weighted by Gasteiger charge is 2.13. The van der Waals surface area contributed by atoms with Gasteiger partial charge in [-0.15, -0.1) is 12.3 Å². The van der Waals surface area contributed by atoms with E-state index < -0.39 is 0 Å². The number of unbranched alkanes of at least 4 members (excludes halogenated alkanes) is 1. The van der Waals surface area contributed by atoms with Gasteiger partial charge in [-0.3, -0.25) is 0 Å². The van der Waals surface area contributed by atoms with Gasteiger partial charge in [0.05, 0.1) is 0 Å². The van der Waals surface area contributed by atoms with E-state index in [1.54, 1.807) is 0 Å². The third-order valence-electron chi connectivity index (χ3n) is 2.13. The van der Waals surface area contributed by atoms with Crippen LogP contribution in [0.2, 0.25) is 0 Å². The third kappa shape index (κ3) is 4.44. The van der Waals surface area contributed by atoms with Crippen molar-refractivity contribution in [3.63, 3.8) is 0 Å². The van der Waals surface area contributed by atoms with Crippen molar-refractivity contribution in [2.75, 3.05) is 0 Å². The topological polar surface area (TPSA) is 0 Å². The summed E-state index contributed by atoms with van der Waals surface area (Å²) in [5, 5.41) is 0. The van der Waals surface area contributed by atoms with Gasteiger partial charge in [-0.1, -0.05) is 27.2 Å². The van der Waals surface area contributed by atoms with Gasteiger partial charge in [0.1, 0.15) is 0 Å². The van der Waals surface area contributed by atoms with Gasteiger partial charge >= 0.3 is 0 Å². The molecule has 0 unspecified atom stereocenters. The Bertz CT molecular complexity index is 114. The maximum Gasteiger partial charge on any atom is 0.00862 e. The molecule has 10 heavy (non-hydrogen) atoms. The molecule has 58 valence electrons. The minimum absolute atomic E-state index is 0.497. The zero-order valence-electron chi connectivity index (χ0n) is 7.41. The van der Waals surface area contributed by atoms with E-state index in [1.807, 2.05) is 0 Å². The average Bonchev–Trinajstić information content (AvgIpc) is 1.89. The Morgan fingerprint density at radius 2 is 2.00 bits per heavy atom. The maximum atomic E-state index is 5.15. The summed E-state index contributed by atoms with van der Waals surface area (Å²) >= 11 is 0. The summed E-state index contributed by atoms with van der Waals surface area (Å²) < 4.78 is 0. The normalized spacial score (nSPS) is 11.0. The van der Waals surface area contributed by atoms with E-state index in [0.29, 0.717) is 5.41 Å². The van der Waals surface area contributed by atoms with Crippen molar-refractivity contribution in [2.24, 2.45) is 5.41 Å². The number of rotatable bonds is 4. The van der Waals surface area contributed by atoms with Crippen molar-refractivity contribution in [3.8, 4) is 12.3 Å². The van der Waals surface area contributed by atoms with Crippen molar-refractivity contribution in [3.05, 3.63) is 0 Å². The Kier molecular flexibility index (Phi) is 4.19. The summed E-state index contributed by atoms with van der Waals surface area (Å²) in [5.41, 5.74) is 0.497. The largest absolute Gasteiger partial charge is 0.120 e. The molecule has 0 rings (SSSR count). The highest BCUT2D eigenvalue weighted by atomic mass is 14.2. The molecule has 0 nitrogen and oxygen atoms in total. The summed E-state index contributed by atoms with van der Waals surface area (Å²) in [7, 11) is 0. The Labute approximate surface area is 65.0 Å². The van der Waals surface area contributed by atoms with Gasteiger partial charge < -0.3 is 0 Å². The first-order valence-corrected chi connectivity index (χ1v) is 4.06. The van der Waals surface area contributed by atoms with Crippen LogP contribution >= 0.6 is 0 Å². The van der Waals surface area contributed by atoms with Crippen LogP contribution < -0.4 is 0 Å². The van der Waals surface area contributed by atoms with Gasteiger partial charge in [0, 0.05) is 6.42 Å². The summed E-state index contributed by atoms with van der Waals surface area (Å²) in [6, 6.07) is 0. The van der Waals surface area contributed by atoms with E-state index in [9.17, 15) is 0 Å². The molecule has 0 fully saturated rings. The molecule has 0 aromatic heterocycles. The number of terminal acetylenes is 1. The third-order valence-corrected chi connectivity index (χ3v) is 2.13. The second kappa shape index (κ2) is 4.39. The number of hydrogen-bond acceptors (Lipinski definition) is 0. The lowest BCUT2D eigenvalue weighted by Gasteiger charge is -2.21. The molecule has 0 aliphatic heterocycles. The molecule has 0 spiro atoms. The molecule has 0 saturated heterocycles. The molecule has 0 aromatic carbocycles. The molecular formula is C10H18. The summed E-state index contributed by atoms with van der Waals surface area (Å²) in [4.78, 5) is 0. The predicted octanol–water partition coefficient (Wildman–Crippen LogP) is 3.23. The van der Waals surface area contributed by atoms with Crippen molar-refractivity contribution in [2.45, 2.75) is 46.5 Å². The Morgan fingerprint density at radius 1 is 1.40 bits per heavy atom.